The van der Waals surface area contributed by atoms with Crippen LogP contribution in [0.1, 0.15) is 56.9 Å². The fourth-order valence-electron chi connectivity index (χ4n) is 8.81. The van der Waals surface area contributed by atoms with E-state index in [0.717, 1.165) is 33.4 Å². The third kappa shape index (κ3) is 5.31. The highest BCUT2D eigenvalue weighted by Gasteiger charge is 2.55. The van der Waals surface area contributed by atoms with E-state index in [1.54, 1.807) is 13.0 Å². The van der Waals surface area contributed by atoms with Gasteiger partial charge in [-0.15, -0.1) is 0 Å². The molecule has 9 N–H and O–H groups in total. The van der Waals surface area contributed by atoms with E-state index in [0.29, 0.717) is 67.2 Å². The van der Waals surface area contributed by atoms with Crippen LogP contribution in [-0.2, 0) is 29.0 Å². The third-order valence-electron chi connectivity index (χ3n) is 11.5. The van der Waals surface area contributed by atoms with Crippen molar-refractivity contribution < 1.29 is 28.9 Å². The molecular formula is C40H45N5O7. The van der Waals surface area contributed by atoms with Crippen molar-refractivity contribution in [3.8, 4) is 11.5 Å². The minimum atomic E-state index is -1.19. The number of aliphatic hydroxyl groups excluding tert-OH is 1. The van der Waals surface area contributed by atoms with Gasteiger partial charge in [-0.05, 0) is 73.6 Å². The Morgan fingerprint density at radius 2 is 2.02 bits per heavy atom. The summed E-state index contributed by atoms with van der Waals surface area (Å²) in [6.07, 6.45) is 11.2. The maximum atomic E-state index is 14.0. The maximum Gasteiger partial charge on any atom is 0.335 e. The summed E-state index contributed by atoms with van der Waals surface area (Å²) in [7, 11) is 0. The van der Waals surface area contributed by atoms with Gasteiger partial charge >= 0.3 is 5.97 Å². The van der Waals surface area contributed by atoms with E-state index in [2.05, 4.69) is 34.2 Å². The minimum absolute atomic E-state index is 0.0170. The lowest BCUT2D eigenvalue weighted by atomic mass is 9.69. The first-order valence-corrected chi connectivity index (χ1v) is 18.0. The van der Waals surface area contributed by atoms with Crippen LogP contribution in [0.5, 0.6) is 11.5 Å². The van der Waals surface area contributed by atoms with E-state index in [-0.39, 0.29) is 47.4 Å². The van der Waals surface area contributed by atoms with Crippen molar-refractivity contribution in [3.05, 3.63) is 114 Å². The zero-order chi connectivity index (χ0) is 36.5. The number of nitrogens with one attached hydrogen (secondary N) is 3. The number of benzene rings is 1. The molecule has 12 heteroatoms. The van der Waals surface area contributed by atoms with Crippen molar-refractivity contribution in [2.75, 3.05) is 19.6 Å². The van der Waals surface area contributed by atoms with Crippen molar-refractivity contribution in [2.45, 2.75) is 77.4 Å². The van der Waals surface area contributed by atoms with Gasteiger partial charge in [-0.25, -0.2) is 4.79 Å². The lowest BCUT2D eigenvalue weighted by Gasteiger charge is -2.48. The SMILES string of the molecule is C/C=C(/CNCC)C(=O)O[C@@H]1Cc2c3c(c4oc(CO)cc(=O)c4c2O)CC2=CCNC(N)=C2C2=CCC4=C2[C@H](CC2=CNC(N)C=C2C4)[C@]1(C)O3. The number of hydrogen-bond donors (Lipinski definition) is 7. The van der Waals surface area contributed by atoms with Gasteiger partial charge in [-0.3, -0.25) is 4.79 Å². The van der Waals surface area contributed by atoms with Gasteiger partial charge < -0.3 is 51.5 Å². The number of rotatable bonds is 6. The summed E-state index contributed by atoms with van der Waals surface area (Å²) in [5.74, 6) is -0.166. The Morgan fingerprint density at radius 3 is 2.79 bits per heavy atom. The second-order valence-corrected chi connectivity index (χ2v) is 14.5. The number of hydrogen-bond acceptors (Lipinski definition) is 12. The van der Waals surface area contributed by atoms with Crippen LogP contribution in [-0.4, -0.2) is 53.7 Å². The summed E-state index contributed by atoms with van der Waals surface area (Å²) in [6, 6.07) is 1.19. The van der Waals surface area contributed by atoms with Crippen LogP contribution in [0, 0.1) is 5.92 Å². The quantitative estimate of drug-likeness (QED) is 0.172. The van der Waals surface area contributed by atoms with Crippen molar-refractivity contribution in [1.82, 2.24) is 16.0 Å². The number of aromatic hydroxyl groups is 1. The Balaban J connectivity index is 1.42. The number of aliphatic hydroxyl groups is 1. The van der Waals surface area contributed by atoms with Crippen LogP contribution < -0.4 is 37.6 Å². The van der Waals surface area contributed by atoms with E-state index < -0.39 is 29.7 Å². The van der Waals surface area contributed by atoms with Crippen LogP contribution in [0.4, 0.5) is 0 Å². The number of esters is 1. The van der Waals surface area contributed by atoms with Gasteiger partial charge in [0.1, 0.15) is 46.8 Å². The Hall–Kier alpha value is -5.04. The molecule has 1 aromatic carbocycles. The van der Waals surface area contributed by atoms with E-state index in [1.165, 1.54) is 11.6 Å². The molecule has 0 spiro atoms. The van der Waals surface area contributed by atoms with Gasteiger partial charge in [0, 0.05) is 66.4 Å². The van der Waals surface area contributed by atoms with Crippen LogP contribution >= 0.6 is 0 Å². The van der Waals surface area contributed by atoms with Gasteiger partial charge in [-0.2, -0.15) is 0 Å². The molecule has 0 amide bonds. The lowest BCUT2D eigenvalue weighted by Crippen LogP contribution is -2.57. The minimum Gasteiger partial charge on any atom is -0.507 e. The fraction of sp³-hybridized carbons (Fsp3) is 0.400. The number of carbonyl (C=O) groups is 1. The molecule has 8 rings (SSSR count). The van der Waals surface area contributed by atoms with Crippen LogP contribution in [0.3, 0.4) is 0 Å². The first-order chi connectivity index (χ1) is 25.1. The molecule has 0 saturated carbocycles. The summed E-state index contributed by atoms with van der Waals surface area (Å²) in [5.41, 5.74) is 20.4. The van der Waals surface area contributed by atoms with Gasteiger partial charge in [0.15, 0.2) is 11.0 Å². The number of likely N-dealkylation sites (N-methyl/N-ethyl adjacent to an activating group) is 1. The molecule has 4 atom stereocenters. The standard InChI is InChI=1S/C40H45N5O7/c1-4-19(16-43-5-2)39(49)51-30-15-26-35(48)34-29(47)14-24(18-46)50-37(34)27-11-21-8-9-44-38(42)33(21)25-7-6-20-10-22-13-31(41)45-17-23(22)12-28(32(20)25)40(30,3)52-36(26)27/h4,7-8,13-14,17,28,30-31,43-46,48H,5-6,9-12,15-16,18,41-42H2,1-3H3/b19-4-/t28-,30+,31?,40-/m0/s1. The van der Waals surface area contributed by atoms with Crippen molar-refractivity contribution in [3.63, 3.8) is 0 Å². The molecule has 272 valence electrons. The van der Waals surface area contributed by atoms with E-state index in [1.807, 2.05) is 20.0 Å². The molecule has 1 unspecified atom stereocenters. The van der Waals surface area contributed by atoms with Gasteiger partial charge in [0.2, 0.25) is 0 Å². The second-order valence-electron chi connectivity index (χ2n) is 14.5. The number of nitrogens with two attached hydrogens (primary N) is 2. The smallest absolute Gasteiger partial charge is 0.335 e. The van der Waals surface area contributed by atoms with Gasteiger partial charge in [-0.1, -0.05) is 30.7 Å². The molecule has 2 bridgehead atoms. The molecule has 2 aliphatic carbocycles. The predicted octanol–water partition coefficient (Wildman–Crippen LogP) is 3.14. The molecule has 2 aromatic rings. The highest BCUT2D eigenvalue weighted by atomic mass is 16.6. The Bertz CT molecular complexity index is 2200. The zero-order valence-corrected chi connectivity index (χ0v) is 29.7. The summed E-state index contributed by atoms with van der Waals surface area (Å²) < 4.78 is 20.0. The average Bonchev–Trinajstić information content (AvgIpc) is 3.43. The number of allylic oxidation sites excluding steroid dienone is 8. The van der Waals surface area contributed by atoms with Gasteiger partial charge in [0.05, 0.1) is 6.17 Å². The Morgan fingerprint density at radius 1 is 1.19 bits per heavy atom. The topological polar surface area (TPSA) is 194 Å². The third-order valence-corrected chi connectivity index (χ3v) is 11.5. The Labute approximate surface area is 301 Å². The predicted molar refractivity (Wildman–Crippen MR) is 196 cm³/mol. The van der Waals surface area contributed by atoms with E-state index in [9.17, 15) is 19.8 Å². The van der Waals surface area contributed by atoms with Crippen LogP contribution in [0.15, 0.2) is 96.2 Å². The molecular weight excluding hydrogens is 662 g/mol. The number of carbonyl (C=O) groups excluding carboxylic acids is 1. The first-order valence-electron chi connectivity index (χ1n) is 18.0. The van der Waals surface area contributed by atoms with E-state index in [4.69, 9.17) is 25.4 Å². The zero-order valence-electron chi connectivity index (χ0n) is 29.7. The first kappa shape index (κ1) is 34.1. The molecule has 6 aliphatic rings. The molecule has 4 aliphatic heterocycles. The number of ether oxygens (including phenoxy) is 2. The summed E-state index contributed by atoms with van der Waals surface area (Å²) in [6.45, 7) is 6.75. The maximum absolute atomic E-state index is 14.0. The summed E-state index contributed by atoms with van der Waals surface area (Å²) in [4.78, 5) is 27.6. The highest BCUT2D eigenvalue weighted by molar-refractivity contribution is 5.92. The molecule has 1 aromatic heterocycles. The van der Waals surface area contributed by atoms with Crippen LogP contribution in [0.2, 0.25) is 0 Å². The second kappa shape index (κ2) is 12.9. The molecule has 0 radical (unpaired) electrons. The van der Waals surface area contributed by atoms with Crippen molar-refractivity contribution >= 4 is 16.9 Å². The van der Waals surface area contributed by atoms with E-state index >= 15 is 0 Å². The molecule has 0 fully saturated rings. The normalized spacial score (nSPS) is 26.3. The average molecular weight is 708 g/mol. The molecule has 12 nitrogen and oxygen atoms in total. The van der Waals surface area contributed by atoms with Gasteiger partial charge in [0.25, 0.3) is 0 Å². The monoisotopic (exact) mass is 707 g/mol. The molecule has 52 heavy (non-hydrogen) atoms. The Kier molecular flexibility index (Phi) is 8.43. The summed E-state index contributed by atoms with van der Waals surface area (Å²) >= 11 is 0. The van der Waals surface area contributed by atoms with Crippen LogP contribution in [0.25, 0.3) is 11.0 Å². The number of phenolic OH excluding ortho intramolecular Hbond substituents is 1. The molecule has 5 heterocycles. The number of fused-ring (bicyclic) bond motifs is 7. The number of dihydropyridines is 2. The summed E-state index contributed by atoms with van der Waals surface area (Å²) in [5, 5.41) is 31.8. The largest absolute Gasteiger partial charge is 0.507 e. The van der Waals surface area contributed by atoms with Crippen molar-refractivity contribution in [1.29, 1.82) is 0 Å². The lowest BCUT2D eigenvalue weighted by molar-refractivity contribution is -0.162. The fourth-order valence-corrected chi connectivity index (χ4v) is 8.81. The van der Waals surface area contributed by atoms with Crippen molar-refractivity contribution in [2.24, 2.45) is 17.4 Å². The highest BCUT2D eigenvalue weighted by Crippen LogP contribution is 2.57. The molecule has 0 saturated heterocycles. The number of phenols is 1.